The van der Waals surface area contributed by atoms with Crippen LogP contribution in [0.15, 0.2) is 29.6 Å². The molecule has 0 N–H and O–H groups in total. The van der Waals surface area contributed by atoms with Gasteiger partial charge in [0.1, 0.15) is 16.8 Å². The van der Waals surface area contributed by atoms with E-state index in [2.05, 4.69) is 4.98 Å². The molecule has 1 fully saturated rings. The molecule has 1 aromatic heterocycles. The molecule has 0 aliphatic heterocycles. The van der Waals surface area contributed by atoms with Gasteiger partial charge in [-0.2, -0.15) is 5.26 Å². The van der Waals surface area contributed by atoms with E-state index in [-0.39, 0.29) is 17.7 Å². The molecule has 0 spiro atoms. The number of thiazole rings is 1. The Morgan fingerprint density at radius 1 is 1.33 bits per heavy atom. The van der Waals surface area contributed by atoms with Gasteiger partial charge >= 0.3 is 5.97 Å². The van der Waals surface area contributed by atoms with Gasteiger partial charge in [-0.25, -0.2) is 9.78 Å². The zero-order chi connectivity index (χ0) is 17.1. The maximum atomic E-state index is 12.1. The van der Waals surface area contributed by atoms with Gasteiger partial charge in [-0.15, -0.1) is 11.3 Å². The average molecular weight is 342 g/mol. The summed E-state index contributed by atoms with van der Waals surface area (Å²) < 4.78 is 10.9. The highest BCUT2D eigenvalue weighted by molar-refractivity contribution is 7.13. The van der Waals surface area contributed by atoms with E-state index in [1.165, 1.54) is 11.3 Å². The maximum absolute atomic E-state index is 12.1. The van der Waals surface area contributed by atoms with Gasteiger partial charge in [0.05, 0.1) is 6.10 Å². The number of nitriles is 1. The monoisotopic (exact) mass is 342 g/mol. The summed E-state index contributed by atoms with van der Waals surface area (Å²) in [5, 5.41) is 11.4. The fourth-order valence-electron chi connectivity index (χ4n) is 2.25. The predicted octanol–water partition coefficient (Wildman–Crippen LogP) is 4.06. The van der Waals surface area contributed by atoms with Crippen LogP contribution in [0.5, 0.6) is 5.75 Å². The number of hydrogen-bond donors (Lipinski definition) is 0. The third kappa shape index (κ3) is 3.92. The van der Waals surface area contributed by atoms with E-state index in [9.17, 15) is 4.79 Å². The molecule has 0 amide bonds. The summed E-state index contributed by atoms with van der Waals surface area (Å²) in [6, 6.07) is 9.63. The van der Waals surface area contributed by atoms with Crippen molar-refractivity contribution in [3.05, 3.63) is 35.3 Å². The lowest BCUT2D eigenvalue weighted by Gasteiger charge is -2.09. The topological polar surface area (TPSA) is 72.2 Å². The van der Waals surface area contributed by atoms with Gasteiger partial charge in [0.15, 0.2) is 11.8 Å². The Bertz CT molecular complexity index is 757. The van der Waals surface area contributed by atoms with E-state index in [0.717, 1.165) is 29.2 Å². The summed E-state index contributed by atoms with van der Waals surface area (Å²) in [6.45, 7) is 3.95. The van der Waals surface area contributed by atoms with Gasteiger partial charge in [0.25, 0.3) is 0 Å². The van der Waals surface area contributed by atoms with Crippen LogP contribution in [-0.4, -0.2) is 23.2 Å². The second-order valence-corrected chi connectivity index (χ2v) is 6.88. The molecule has 1 saturated carbocycles. The lowest BCUT2D eigenvalue weighted by Crippen LogP contribution is -2.18. The second-order valence-electron chi connectivity index (χ2n) is 6.02. The fraction of sp³-hybridized carbons (Fsp3) is 0.389. The van der Waals surface area contributed by atoms with E-state index in [1.54, 1.807) is 5.38 Å². The van der Waals surface area contributed by atoms with Crippen LogP contribution in [0, 0.1) is 17.2 Å². The number of nitrogens with zero attached hydrogens (tertiary/aromatic N) is 2. The summed E-state index contributed by atoms with van der Waals surface area (Å²) in [7, 11) is 0. The lowest BCUT2D eigenvalue weighted by atomic mass is 10.2. The van der Waals surface area contributed by atoms with Crippen molar-refractivity contribution in [1.82, 2.24) is 4.98 Å². The predicted molar refractivity (Wildman–Crippen MR) is 90.9 cm³/mol. The molecule has 1 aliphatic carbocycles. The third-order valence-corrected chi connectivity index (χ3v) is 4.49. The normalized spacial score (nSPS) is 14.9. The SMILES string of the molecule is CC(C)Oc1ccc(-c2nc(C(=O)O[C@H](C#N)C3CC3)cs2)cc1. The Hall–Kier alpha value is -2.39. The summed E-state index contributed by atoms with van der Waals surface area (Å²) in [5.41, 5.74) is 1.16. The molecule has 124 valence electrons. The molecular weight excluding hydrogens is 324 g/mol. The van der Waals surface area contributed by atoms with E-state index < -0.39 is 12.1 Å². The van der Waals surface area contributed by atoms with Gasteiger partial charge in [-0.1, -0.05) is 0 Å². The molecule has 0 bridgehead atoms. The zero-order valence-corrected chi connectivity index (χ0v) is 14.4. The van der Waals surface area contributed by atoms with Crippen molar-refractivity contribution in [1.29, 1.82) is 5.26 Å². The number of carbonyl (C=O) groups excluding carboxylic acids is 1. The van der Waals surface area contributed by atoms with Crippen LogP contribution in [0.1, 0.15) is 37.2 Å². The minimum Gasteiger partial charge on any atom is -0.491 e. The van der Waals surface area contributed by atoms with Gasteiger partial charge in [-0.05, 0) is 51.0 Å². The zero-order valence-electron chi connectivity index (χ0n) is 13.6. The molecule has 0 saturated heterocycles. The van der Waals surface area contributed by atoms with Crippen molar-refractivity contribution in [2.24, 2.45) is 5.92 Å². The van der Waals surface area contributed by atoms with Crippen LogP contribution in [0.3, 0.4) is 0 Å². The average Bonchev–Trinajstić information content (AvgIpc) is 3.28. The molecule has 1 aromatic carbocycles. The van der Waals surface area contributed by atoms with Crippen molar-refractivity contribution < 1.29 is 14.3 Å². The fourth-order valence-corrected chi connectivity index (χ4v) is 3.05. The van der Waals surface area contributed by atoms with Crippen LogP contribution >= 0.6 is 11.3 Å². The molecular formula is C18H18N2O3S. The van der Waals surface area contributed by atoms with Gasteiger partial charge in [0, 0.05) is 16.9 Å². The highest BCUT2D eigenvalue weighted by Gasteiger charge is 2.34. The maximum Gasteiger partial charge on any atom is 0.359 e. The highest BCUT2D eigenvalue weighted by Crippen LogP contribution is 2.34. The van der Waals surface area contributed by atoms with E-state index in [0.29, 0.717) is 0 Å². The molecule has 6 heteroatoms. The van der Waals surface area contributed by atoms with E-state index >= 15 is 0 Å². The lowest BCUT2D eigenvalue weighted by molar-refractivity contribution is 0.0364. The van der Waals surface area contributed by atoms with E-state index in [4.69, 9.17) is 14.7 Å². The Balaban J connectivity index is 1.68. The van der Waals surface area contributed by atoms with Crippen LogP contribution in [-0.2, 0) is 4.74 Å². The molecule has 0 radical (unpaired) electrons. The molecule has 1 heterocycles. The molecule has 24 heavy (non-hydrogen) atoms. The Morgan fingerprint density at radius 2 is 2.04 bits per heavy atom. The number of aromatic nitrogens is 1. The van der Waals surface area contributed by atoms with Crippen molar-refractivity contribution in [3.8, 4) is 22.4 Å². The number of esters is 1. The van der Waals surface area contributed by atoms with Crippen molar-refractivity contribution in [2.45, 2.75) is 38.9 Å². The molecule has 2 aromatic rings. The Labute approximate surface area is 144 Å². The molecule has 1 aliphatic rings. The molecule has 3 rings (SSSR count). The minimum absolute atomic E-state index is 0.122. The molecule has 0 unspecified atom stereocenters. The molecule has 1 atom stereocenters. The van der Waals surface area contributed by atoms with Crippen LogP contribution < -0.4 is 4.74 Å². The molecule has 5 nitrogen and oxygen atoms in total. The van der Waals surface area contributed by atoms with Gasteiger partial charge < -0.3 is 9.47 Å². The van der Waals surface area contributed by atoms with Crippen LogP contribution in [0.25, 0.3) is 10.6 Å². The van der Waals surface area contributed by atoms with Crippen molar-refractivity contribution >= 4 is 17.3 Å². The van der Waals surface area contributed by atoms with E-state index in [1.807, 2.05) is 44.2 Å². The number of carbonyl (C=O) groups is 1. The first-order chi connectivity index (χ1) is 11.6. The van der Waals surface area contributed by atoms with Gasteiger partial charge in [0.2, 0.25) is 0 Å². The minimum atomic E-state index is -0.657. The van der Waals surface area contributed by atoms with Crippen LogP contribution in [0.2, 0.25) is 0 Å². The summed E-state index contributed by atoms with van der Waals surface area (Å²) in [5.74, 6) is 0.451. The highest BCUT2D eigenvalue weighted by atomic mass is 32.1. The van der Waals surface area contributed by atoms with Crippen molar-refractivity contribution in [2.75, 3.05) is 0 Å². The first-order valence-electron chi connectivity index (χ1n) is 7.90. The summed E-state index contributed by atoms with van der Waals surface area (Å²) in [4.78, 5) is 16.4. The number of rotatable bonds is 6. The number of benzene rings is 1. The summed E-state index contributed by atoms with van der Waals surface area (Å²) >= 11 is 1.37. The Morgan fingerprint density at radius 3 is 2.62 bits per heavy atom. The largest absolute Gasteiger partial charge is 0.491 e. The third-order valence-electron chi connectivity index (χ3n) is 3.60. The van der Waals surface area contributed by atoms with Gasteiger partial charge in [-0.3, -0.25) is 0 Å². The van der Waals surface area contributed by atoms with Crippen LogP contribution in [0.4, 0.5) is 0 Å². The second kappa shape index (κ2) is 7.02. The first kappa shape index (κ1) is 16.5. The quantitative estimate of drug-likeness (QED) is 0.740. The van der Waals surface area contributed by atoms with Crippen molar-refractivity contribution in [3.63, 3.8) is 0 Å². The first-order valence-corrected chi connectivity index (χ1v) is 8.78. The standard InChI is InChI=1S/C18H18N2O3S/c1-11(2)22-14-7-5-13(6-8-14)17-20-15(10-24-17)18(21)23-16(9-19)12-3-4-12/h5-8,10-12,16H,3-4H2,1-2H3/t16-/m1/s1. The smallest absolute Gasteiger partial charge is 0.359 e. The number of ether oxygens (including phenoxy) is 2. The summed E-state index contributed by atoms with van der Waals surface area (Å²) in [6.07, 6.45) is 1.35. The number of hydrogen-bond acceptors (Lipinski definition) is 6. The Kier molecular flexibility index (Phi) is 4.81.